The minimum atomic E-state index is 0.0719. The van der Waals surface area contributed by atoms with Crippen LogP contribution in [0.5, 0.6) is 0 Å². The van der Waals surface area contributed by atoms with Crippen LogP contribution in [0.2, 0.25) is 0 Å². The first-order valence-electron chi connectivity index (χ1n) is 8.81. The summed E-state index contributed by atoms with van der Waals surface area (Å²) in [6.07, 6.45) is 1.71. The normalized spacial score (nSPS) is 17.2. The summed E-state index contributed by atoms with van der Waals surface area (Å²) in [6.45, 7) is 15.5. The molecule has 1 fully saturated rings. The van der Waals surface area contributed by atoms with Gasteiger partial charge in [0.25, 0.3) is 0 Å². The predicted octanol–water partition coefficient (Wildman–Crippen LogP) is 3.77. The second-order valence-electron chi connectivity index (χ2n) is 8.17. The molecule has 3 nitrogen and oxygen atoms in total. The summed E-state index contributed by atoms with van der Waals surface area (Å²) >= 11 is 0. The molecule has 0 bridgehead atoms. The van der Waals surface area contributed by atoms with Gasteiger partial charge in [-0.1, -0.05) is 39.0 Å². The monoisotopic (exact) mass is 316 g/mol. The molecule has 23 heavy (non-hydrogen) atoms. The second-order valence-corrected chi connectivity index (χ2v) is 8.17. The van der Waals surface area contributed by atoms with Gasteiger partial charge < -0.3 is 4.90 Å². The molecule has 0 spiro atoms. The molecule has 128 valence electrons. The Labute approximate surface area is 141 Å². The third-order valence-corrected chi connectivity index (χ3v) is 4.60. The quantitative estimate of drug-likeness (QED) is 0.847. The molecule has 2 rings (SSSR count). The van der Waals surface area contributed by atoms with E-state index in [0.29, 0.717) is 12.3 Å². The molecule has 0 aliphatic carbocycles. The molecule has 1 aliphatic rings. The number of carbonyl (C=O) groups is 1. The molecular formula is C20H32N2O. The molecule has 0 aromatic heterocycles. The molecule has 3 heteroatoms. The third-order valence-electron chi connectivity index (χ3n) is 4.60. The fraction of sp³-hybridized carbons (Fsp3) is 0.650. The van der Waals surface area contributed by atoms with E-state index in [-0.39, 0.29) is 5.41 Å². The summed E-state index contributed by atoms with van der Waals surface area (Å²) in [4.78, 5) is 17.0. The van der Waals surface area contributed by atoms with Gasteiger partial charge in [0.2, 0.25) is 5.91 Å². The highest BCUT2D eigenvalue weighted by Crippen LogP contribution is 2.21. The van der Waals surface area contributed by atoms with Gasteiger partial charge in [-0.05, 0) is 42.4 Å². The van der Waals surface area contributed by atoms with E-state index in [0.717, 1.165) is 39.1 Å². The lowest BCUT2D eigenvalue weighted by atomic mass is 9.91. The van der Waals surface area contributed by atoms with Gasteiger partial charge in [0, 0.05) is 39.1 Å². The van der Waals surface area contributed by atoms with Gasteiger partial charge in [0.15, 0.2) is 0 Å². The average Bonchev–Trinajstić information content (AvgIpc) is 2.67. The molecule has 0 N–H and O–H groups in total. The van der Waals surface area contributed by atoms with Gasteiger partial charge >= 0.3 is 0 Å². The molecule has 1 aromatic rings. The number of benzene rings is 1. The fourth-order valence-corrected chi connectivity index (χ4v) is 3.10. The van der Waals surface area contributed by atoms with E-state index in [9.17, 15) is 4.79 Å². The maximum Gasteiger partial charge on any atom is 0.223 e. The molecule has 1 aromatic carbocycles. The summed E-state index contributed by atoms with van der Waals surface area (Å²) in [6, 6.07) is 6.74. The summed E-state index contributed by atoms with van der Waals surface area (Å²) < 4.78 is 0. The van der Waals surface area contributed by atoms with Crippen molar-refractivity contribution in [3.05, 3.63) is 34.9 Å². The lowest BCUT2D eigenvalue weighted by Crippen LogP contribution is -2.36. The van der Waals surface area contributed by atoms with Gasteiger partial charge in [-0.15, -0.1) is 0 Å². The zero-order valence-electron chi connectivity index (χ0n) is 15.5. The Morgan fingerprint density at radius 1 is 1.04 bits per heavy atom. The van der Waals surface area contributed by atoms with E-state index in [2.05, 4.69) is 62.6 Å². The number of rotatable bonds is 3. The van der Waals surface area contributed by atoms with Crippen LogP contribution in [0.3, 0.4) is 0 Å². The number of carbonyl (C=O) groups excluding carboxylic acids is 1. The van der Waals surface area contributed by atoms with Crippen LogP contribution >= 0.6 is 0 Å². The smallest absolute Gasteiger partial charge is 0.223 e. The van der Waals surface area contributed by atoms with Crippen molar-refractivity contribution in [3.8, 4) is 0 Å². The molecule has 0 unspecified atom stereocenters. The summed E-state index contributed by atoms with van der Waals surface area (Å²) in [5.41, 5.74) is 4.16. The van der Waals surface area contributed by atoms with Crippen LogP contribution in [0.1, 0.15) is 50.3 Å². The van der Waals surface area contributed by atoms with Gasteiger partial charge in [-0.25, -0.2) is 0 Å². The van der Waals surface area contributed by atoms with Crippen LogP contribution in [-0.2, 0) is 11.3 Å². The van der Waals surface area contributed by atoms with Crippen molar-refractivity contribution >= 4 is 5.91 Å². The summed E-state index contributed by atoms with van der Waals surface area (Å²) in [5, 5.41) is 0. The lowest BCUT2D eigenvalue weighted by Gasteiger charge is -2.26. The first kappa shape index (κ1) is 18.0. The van der Waals surface area contributed by atoms with Crippen LogP contribution in [-0.4, -0.2) is 41.9 Å². The summed E-state index contributed by atoms with van der Waals surface area (Å²) in [7, 11) is 0. The van der Waals surface area contributed by atoms with Gasteiger partial charge in [0.1, 0.15) is 0 Å². The van der Waals surface area contributed by atoms with Crippen molar-refractivity contribution in [2.24, 2.45) is 5.41 Å². The number of nitrogens with zero attached hydrogens (tertiary/aromatic N) is 2. The Kier molecular flexibility index (Phi) is 5.85. The van der Waals surface area contributed by atoms with Crippen molar-refractivity contribution in [1.82, 2.24) is 9.80 Å². The fourth-order valence-electron chi connectivity index (χ4n) is 3.10. The number of hydrogen-bond acceptors (Lipinski definition) is 2. The third kappa shape index (κ3) is 5.65. The molecule has 1 heterocycles. The minimum absolute atomic E-state index is 0.0719. The number of amides is 1. The highest BCUT2D eigenvalue weighted by atomic mass is 16.2. The van der Waals surface area contributed by atoms with Crippen molar-refractivity contribution in [3.63, 3.8) is 0 Å². The number of hydrogen-bond donors (Lipinski definition) is 0. The van der Waals surface area contributed by atoms with E-state index in [1.165, 1.54) is 16.7 Å². The molecule has 0 saturated carbocycles. The molecule has 0 atom stereocenters. The highest BCUT2D eigenvalue weighted by Gasteiger charge is 2.23. The predicted molar refractivity (Wildman–Crippen MR) is 96.5 cm³/mol. The van der Waals surface area contributed by atoms with Gasteiger partial charge in [-0.2, -0.15) is 0 Å². The Morgan fingerprint density at radius 3 is 2.43 bits per heavy atom. The average molecular weight is 316 g/mol. The Balaban J connectivity index is 1.90. The van der Waals surface area contributed by atoms with E-state index >= 15 is 0 Å². The topological polar surface area (TPSA) is 23.6 Å². The lowest BCUT2D eigenvalue weighted by molar-refractivity contribution is -0.132. The van der Waals surface area contributed by atoms with Crippen molar-refractivity contribution < 1.29 is 4.79 Å². The van der Waals surface area contributed by atoms with E-state index < -0.39 is 0 Å². The van der Waals surface area contributed by atoms with Crippen LogP contribution in [0.25, 0.3) is 0 Å². The van der Waals surface area contributed by atoms with Crippen LogP contribution < -0.4 is 0 Å². The zero-order valence-corrected chi connectivity index (χ0v) is 15.5. The molecule has 1 amide bonds. The molecule has 1 aliphatic heterocycles. The van der Waals surface area contributed by atoms with Crippen LogP contribution in [0.4, 0.5) is 0 Å². The molecule has 1 saturated heterocycles. The van der Waals surface area contributed by atoms with Gasteiger partial charge in [-0.3, -0.25) is 9.69 Å². The van der Waals surface area contributed by atoms with E-state index in [1.54, 1.807) is 0 Å². The number of aryl methyl sites for hydroxylation is 2. The van der Waals surface area contributed by atoms with Crippen LogP contribution in [0, 0.1) is 19.3 Å². The standard InChI is InChI=1S/C20H32N2O/c1-16-7-8-18(13-17(16)2)15-21-9-6-10-22(12-11-21)19(23)14-20(3,4)5/h7-8,13H,6,9-12,14-15H2,1-5H3. The summed E-state index contributed by atoms with van der Waals surface area (Å²) in [5.74, 6) is 0.311. The van der Waals surface area contributed by atoms with Crippen molar-refractivity contribution in [1.29, 1.82) is 0 Å². The van der Waals surface area contributed by atoms with Crippen molar-refractivity contribution in [2.75, 3.05) is 26.2 Å². The van der Waals surface area contributed by atoms with E-state index in [4.69, 9.17) is 0 Å². The first-order chi connectivity index (χ1) is 10.7. The minimum Gasteiger partial charge on any atom is -0.341 e. The maximum absolute atomic E-state index is 12.4. The first-order valence-corrected chi connectivity index (χ1v) is 8.81. The van der Waals surface area contributed by atoms with Gasteiger partial charge in [0.05, 0.1) is 0 Å². The maximum atomic E-state index is 12.4. The van der Waals surface area contributed by atoms with E-state index in [1.807, 2.05) is 0 Å². The Morgan fingerprint density at radius 2 is 1.78 bits per heavy atom. The second kappa shape index (κ2) is 7.48. The Hall–Kier alpha value is -1.35. The van der Waals surface area contributed by atoms with Crippen molar-refractivity contribution in [2.45, 2.75) is 54.0 Å². The zero-order chi connectivity index (χ0) is 17.0. The molecule has 0 radical (unpaired) electrons. The highest BCUT2D eigenvalue weighted by molar-refractivity contribution is 5.76. The molecular weight excluding hydrogens is 284 g/mol. The SMILES string of the molecule is Cc1ccc(CN2CCCN(C(=O)CC(C)(C)C)CC2)cc1C. The Bertz CT molecular complexity index is 545. The van der Waals surface area contributed by atoms with Crippen LogP contribution in [0.15, 0.2) is 18.2 Å². The largest absolute Gasteiger partial charge is 0.341 e.